The fourth-order valence-corrected chi connectivity index (χ4v) is 3.55. The van der Waals surface area contributed by atoms with Crippen LogP contribution in [0.4, 0.5) is 10.5 Å². The third-order valence-corrected chi connectivity index (χ3v) is 5.14. The van der Waals surface area contributed by atoms with E-state index in [1.165, 1.54) is 0 Å². The van der Waals surface area contributed by atoms with Gasteiger partial charge < -0.3 is 19.5 Å². The topological polar surface area (TPSA) is 93.4 Å². The Hall–Kier alpha value is -3.42. The molecule has 1 saturated heterocycles. The predicted molar refractivity (Wildman–Crippen MR) is 112 cm³/mol. The quantitative estimate of drug-likeness (QED) is 0.636. The van der Waals surface area contributed by atoms with Crippen LogP contribution in [0.3, 0.4) is 0 Å². The average molecular weight is 407 g/mol. The summed E-state index contributed by atoms with van der Waals surface area (Å²) >= 11 is 0. The summed E-state index contributed by atoms with van der Waals surface area (Å²) in [5.41, 5.74) is 1.58. The predicted octanol–water partition coefficient (Wildman–Crippen LogP) is 4.02. The van der Waals surface area contributed by atoms with Crippen molar-refractivity contribution in [2.75, 3.05) is 25.0 Å². The zero-order valence-electron chi connectivity index (χ0n) is 17.0. The number of aromatic nitrogens is 3. The van der Waals surface area contributed by atoms with Gasteiger partial charge in [0.25, 0.3) is 5.89 Å². The standard InChI is InChI=1S/C22H25N5O3/c1-2-29-19-8-6-18(7-9-19)24-22(28)27-13-11-16(15-27)5-10-20-25-21(30-26-20)17-4-3-12-23-14-17/h3-4,6-9,12,14,16H,2,5,10-11,13,15H2,1H3,(H,24,28). The second kappa shape index (κ2) is 9.39. The van der Waals surface area contributed by atoms with Crippen LogP contribution in [0.25, 0.3) is 11.5 Å². The number of nitrogens with one attached hydrogen (secondary N) is 1. The number of amides is 2. The van der Waals surface area contributed by atoms with Crippen LogP contribution in [0.5, 0.6) is 5.75 Å². The van der Waals surface area contributed by atoms with Crippen LogP contribution in [0.1, 0.15) is 25.6 Å². The van der Waals surface area contributed by atoms with Crippen LogP contribution in [0.15, 0.2) is 53.3 Å². The van der Waals surface area contributed by atoms with Gasteiger partial charge in [-0.15, -0.1) is 0 Å². The summed E-state index contributed by atoms with van der Waals surface area (Å²) in [6, 6.07) is 11.1. The average Bonchev–Trinajstić information content (AvgIpc) is 3.44. The summed E-state index contributed by atoms with van der Waals surface area (Å²) in [6.07, 6.45) is 6.03. The third-order valence-electron chi connectivity index (χ3n) is 5.14. The number of carbonyl (C=O) groups is 1. The molecule has 0 bridgehead atoms. The minimum absolute atomic E-state index is 0.0694. The monoisotopic (exact) mass is 407 g/mol. The summed E-state index contributed by atoms with van der Waals surface area (Å²) in [7, 11) is 0. The van der Waals surface area contributed by atoms with E-state index in [-0.39, 0.29) is 6.03 Å². The highest BCUT2D eigenvalue weighted by Crippen LogP contribution is 2.23. The lowest BCUT2D eigenvalue weighted by atomic mass is 10.0. The van der Waals surface area contributed by atoms with Gasteiger partial charge in [-0.05, 0) is 62.1 Å². The molecule has 1 aliphatic heterocycles. The number of aryl methyl sites for hydroxylation is 1. The van der Waals surface area contributed by atoms with Crippen LogP contribution in [-0.4, -0.2) is 45.8 Å². The molecule has 0 saturated carbocycles. The SMILES string of the molecule is CCOc1ccc(NC(=O)N2CCC(CCc3noc(-c4cccnc4)n3)C2)cc1. The molecular weight excluding hydrogens is 382 g/mol. The molecule has 0 spiro atoms. The maximum atomic E-state index is 12.5. The lowest BCUT2D eigenvalue weighted by molar-refractivity contribution is 0.220. The molecule has 1 unspecified atom stereocenters. The molecule has 3 aromatic rings. The van der Waals surface area contributed by atoms with Gasteiger partial charge >= 0.3 is 6.03 Å². The van der Waals surface area contributed by atoms with E-state index < -0.39 is 0 Å². The number of anilines is 1. The van der Waals surface area contributed by atoms with Crippen molar-refractivity contribution in [1.82, 2.24) is 20.0 Å². The van der Waals surface area contributed by atoms with Crippen LogP contribution >= 0.6 is 0 Å². The second-order valence-corrected chi connectivity index (χ2v) is 7.28. The van der Waals surface area contributed by atoms with E-state index in [1.54, 1.807) is 12.4 Å². The maximum Gasteiger partial charge on any atom is 0.321 e. The van der Waals surface area contributed by atoms with Crippen molar-refractivity contribution in [3.63, 3.8) is 0 Å². The molecule has 3 heterocycles. The van der Waals surface area contributed by atoms with Gasteiger partial charge in [-0.2, -0.15) is 4.98 Å². The van der Waals surface area contributed by atoms with Gasteiger partial charge in [-0.3, -0.25) is 4.98 Å². The fourth-order valence-electron chi connectivity index (χ4n) is 3.55. The summed E-state index contributed by atoms with van der Waals surface area (Å²) in [4.78, 5) is 22.9. The molecule has 2 aromatic heterocycles. The first kappa shape index (κ1) is 19.9. The van der Waals surface area contributed by atoms with Gasteiger partial charge in [0.15, 0.2) is 5.82 Å². The van der Waals surface area contributed by atoms with Crippen molar-refractivity contribution < 1.29 is 14.1 Å². The number of hydrogen-bond donors (Lipinski definition) is 1. The highest BCUT2D eigenvalue weighted by atomic mass is 16.5. The highest BCUT2D eigenvalue weighted by Gasteiger charge is 2.26. The molecule has 156 valence electrons. The summed E-state index contributed by atoms with van der Waals surface area (Å²) in [5.74, 6) is 2.40. The molecule has 1 fully saturated rings. The van der Waals surface area contributed by atoms with Crippen molar-refractivity contribution in [3.05, 3.63) is 54.6 Å². The second-order valence-electron chi connectivity index (χ2n) is 7.28. The number of nitrogens with zero attached hydrogens (tertiary/aromatic N) is 4. The highest BCUT2D eigenvalue weighted by molar-refractivity contribution is 5.89. The van der Waals surface area contributed by atoms with E-state index in [0.717, 1.165) is 49.4 Å². The van der Waals surface area contributed by atoms with E-state index in [9.17, 15) is 4.79 Å². The Morgan fingerprint density at radius 2 is 2.17 bits per heavy atom. The molecule has 8 heteroatoms. The number of hydrogen-bond acceptors (Lipinski definition) is 6. The van der Waals surface area contributed by atoms with Gasteiger partial charge in [0, 0.05) is 37.6 Å². The van der Waals surface area contributed by atoms with E-state index in [4.69, 9.17) is 9.26 Å². The molecule has 1 aromatic carbocycles. The van der Waals surface area contributed by atoms with Gasteiger partial charge in [-0.25, -0.2) is 4.79 Å². The normalized spacial score (nSPS) is 15.9. The first-order valence-electron chi connectivity index (χ1n) is 10.2. The van der Waals surface area contributed by atoms with E-state index in [1.807, 2.05) is 48.2 Å². The lowest BCUT2D eigenvalue weighted by Crippen LogP contribution is -2.33. The Morgan fingerprint density at radius 3 is 2.93 bits per heavy atom. The molecule has 1 aliphatic rings. The van der Waals surface area contributed by atoms with E-state index in [0.29, 0.717) is 24.2 Å². The first-order valence-corrected chi connectivity index (χ1v) is 10.2. The molecule has 4 rings (SSSR count). The summed E-state index contributed by atoms with van der Waals surface area (Å²) < 4.78 is 10.8. The number of rotatable bonds is 7. The Labute approximate surface area is 175 Å². The summed E-state index contributed by atoms with van der Waals surface area (Å²) in [5, 5.41) is 7.02. The van der Waals surface area contributed by atoms with Crippen molar-refractivity contribution in [3.8, 4) is 17.2 Å². The molecule has 1 atom stereocenters. The number of urea groups is 1. The largest absolute Gasteiger partial charge is 0.494 e. The minimum Gasteiger partial charge on any atom is -0.494 e. The van der Waals surface area contributed by atoms with Crippen molar-refractivity contribution in [2.24, 2.45) is 5.92 Å². The Kier molecular flexibility index (Phi) is 6.22. The number of benzene rings is 1. The third kappa shape index (κ3) is 4.94. The number of pyridine rings is 1. The summed E-state index contributed by atoms with van der Waals surface area (Å²) in [6.45, 7) is 4.05. The van der Waals surface area contributed by atoms with Crippen LogP contribution in [-0.2, 0) is 6.42 Å². The number of likely N-dealkylation sites (tertiary alicyclic amines) is 1. The van der Waals surface area contributed by atoms with Gasteiger partial charge in [0.05, 0.1) is 12.2 Å². The van der Waals surface area contributed by atoms with Gasteiger partial charge in [-0.1, -0.05) is 5.16 Å². The smallest absolute Gasteiger partial charge is 0.321 e. The van der Waals surface area contributed by atoms with E-state index >= 15 is 0 Å². The Balaban J connectivity index is 1.24. The Morgan fingerprint density at radius 1 is 1.30 bits per heavy atom. The zero-order valence-corrected chi connectivity index (χ0v) is 17.0. The maximum absolute atomic E-state index is 12.5. The minimum atomic E-state index is -0.0694. The molecule has 30 heavy (non-hydrogen) atoms. The first-order chi connectivity index (χ1) is 14.7. The van der Waals surface area contributed by atoms with Crippen LogP contribution in [0.2, 0.25) is 0 Å². The number of ether oxygens (including phenoxy) is 1. The lowest BCUT2D eigenvalue weighted by Gasteiger charge is -2.17. The fraction of sp³-hybridized carbons (Fsp3) is 0.364. The molecular formula is C22H25N5O3. The Bertz CT molecular complexity index is 958. The van der Waals surface area contributed by atoms with Crippen molar-refractivity contribution in [1.29, 1.82) is 0 Å². The van der Waals surface area contributed by atoms with Crippen molar-refractivity contribution in [2.45, 2.75) is 26.2 Å². The molecule has 0 radical (unpaired) electrons. The molecule has 8 nitrogen and oxygen atoms in total. The zero-order chi connectivity index (χ0) is 20.8. The van der Waals surface area contributed by atoms with E-state index in [2.05, 4.69) is 20.4 Å². The molecule has 0 aliphatic carbocycles. The van der Waals surface area contributed by atoms with Crippen LogP contribution < -0.4 is 10.1 Å². The molecule has 1 N–H and O–H groups in total. The van der Waals surface area contributed by atoms with Gasteiger partial charge in [0.1, 0.15) is 5.75 Å². The van der Waals surface area contributed by atoms with Crippen LogP contribution in [0, 0.1) is 5.92 Å². The number of carbonyl (C=O) groups excluding carboxylic acids is 1. The molecule has 2 amide bonds. The van der Waals surface area contributed by atoms with Crippen molar-refractivity contribution >= 4 is 11.7 Å². The van der Waals surface area contributed by atoms with Gasteiger partial charge in [0.2, 0.25) is 0 Å².